The molecular weight excluding hydrogens is 344 g/mol. The third-order valence-electron chi connectivity index (χ3n) is 5.38. The maximum Gasteiger partial charge on any atom is 0.231 e. The van der Waals surface area contributed by atoms with Gasteiger partial charge in [-0.25, -0.2) is 0 Å². The summed E-state index contributed by atoms with van der Waals surface area (Å²) >= 11 is 0. The lowest BCUT2D eigenvalue weighted by molar-refractivity contribution is 0.173. The maximum atomic E-state index is 10.1. The molecule has 2 aromatic carbocycles. The summed E-state index contributed by atoms with van der Waals surface area (Å²) in [6, 6.07) is 12.3. The largest absolute Gasteiger partial charge is 0.493 e. The third kappa shape index (κ3) is 2.94. The molecule has 4 rings (SSSR count). The van der Waals surface area contributed by atoms with E-state index in [0.29, 0.717) is 17.2 Å². The smallest absolute Gasteiger partial charge is 0.231 e. The van der Waals surface area contributed by atoms with Gasteiger partial charge in [0.25, 0.3) is 0 Å². The molecule has 27 heavy (non-hydrogen) atoms. The van der Waals surface area contributed by atoms with Gasteiger partial charge in [-0.2, -0.15) is 5.26 Å². The standard InChI is InChI=1S/C21H22N2O4/c1-23-7-6-13-8-19-20(27-12-26-19)10-15(13)16(11-22)21(23)14-4-5-17(24-2)18(9-14)25-3/h4-5,8-10,16,21H,6-7,12H2,1-3H3/t16-,21-/m0/s1. The summed E-state index contributed by atoms with van der Waals surface area (Å²) in [6.07, 6.45) is 0.852. The molecule has 2 heterocycles. The number of fused-ring (bicyclic) bond motifs is 2. The summed E-state index contributed by atoms with van der Waals surface area (Å²) in [5, 5.41) is 10.1. The summed E-state index contributed by atoms with van der Waals surface area (Å²) in [6.45, 7) is 1.07. The second-order valence-electron chi connectivity index (χ2n) is 6.80. The van der Waals surface area contributed by atoms with Gasteiger partial charge in [-0.15, -0.1) is 0 Å². The number of methoxy groups -OCH3 is 2. The third-order valence-corrected chi connectivity index (χ3v) is 5.38. The zero-order chi connectivity index (χ0) is 19.0. The fourth-order valence-electron chi connectivity index (χ4n) is 3.99. The summed E-state index contributed by atoms with van der Waals surface area (Å²) in [4.78, 5) is 2.22. The lowest BCUT2D eigenvalue weighted by Crippen LogP contribution is -2.28. The molecule has 2 aliphatic heterocycles. The number of nitriles is 1. The Hall–Kier alpha value is -2.91. The van der Waals surface area contributed by atoms with E-state index >= 15 is 0 Å². The number of likely N-dealkylation sites (N-methyl/N-ethyl adjacent to an activating group) is 1. The zero-order valence-electron chi connectivity index (χ0n) is 15.7. The van der Waals surface area contributed by atoms with Gasteiger partial charge in [0, 0.05) is 6.54 Å². The predicted octanol–water partition coefficient (Wildman–Crippen LogP) is 3.27. The number of hydrogen-bond acceptors (Lipinski definition) is 6. The van der Waals surface area contributed by atoms with E-state index in [-0.39, 0.29) is 18.8 Å². The van der Waals surface area contributed by atoms with Crippen molar-refractivity contribution in [1.82, 2.24) is 4.90 Å². The Morgan fingerprint density at radius 2 is 1.81 bits per heavy atom. The second kappa shape index (κ2) is 7.01. The van der Waals surface area contributed by atoms with Gasteiger partial charge < -0.3 is 18.9 Å². The van der Waals surface area contributed by atoms with Crippen LogP contribution in [0, 0.1) is 11.3 Å². The molecule has 0 radical (unpaired) electrons. The summed E-state index contributed by atoms with van der Waals surface area (Å²) in [7, 11) is 5.29. The number of hydrogen-bond donors (Lipinski definition) is 0. The van der Waals surface area contributed by atoms with E-state index in [1.165, 1.54) is 0 Å². The van der Waals surface area contributed by atoms with E-state index in [0.717, 1.165) is 35.4 Å². The fraction of sp³-hybridized carbons (Fsp3) is 0.381. The molecule has 0 spiro atoms. The van der Waals surface area contributed by atoms with Crippen molar-refractivity contribution >= 4 is 0 Å². The van der Waals surface area contributed by atoms with Crippen LogP contribution >= 0.6 is 0 Å². The monoisotopic (exact) mass is 366 g/mol. The molecule has 0 aliphatic carbocycles. The normalized spacial score (nSPS) is 21.1. The van der Waals surface area contributed by atoms with Crippen LogP contribution in [-0.2, 0) is 6.42 Å². The Bertz CT molecular complexity index is 906. The molecule has 0 saturated heterocycles. The van der Waals surface area contributed by atoms with Crippen LogP contribution in [0.3, 0.4) is 0 Å². The number of ether oxygens (including phenoxy) is 4. The minimum absolute atomic E-state index is 0.101. The quantitative estimate of drug-likeness (QED) is 0.831. The van der Waals surface area contributed by atoms with Gasteiger partial charge in [0.15, 0.2) is 23.0 Å². The molecule has 6 nitrogen and oxygen atoms in total. The molecule has 0 fully saturated rings. The Morgan fingerprint density at radius 1 is 1.07 bits per heavy atom. The van der Waals surface area contributed by atoms with Crippen molar-refractivity contribution in [2.24, 2.45) is 0 Å². The number of benzene rings is 2. The maximum absolute atomic E-state index is 10.1. The lowest BCUT2D eigenvalue weighted by Gasteiger charge is -2.30. The minimum Gasteiger partial charge on any atom is -0.493 e. The van der Waals surface area contributed by atoms with Gasteiger partial charge >= 0.3 is 0 Å². The van der Waals surface area contributed by atoms with Gasteiger partial charge in [-0.3, -0.25) is 4.90 Å². The van der Waals surface area contributed by atoms with Crippen LogP contribution in [0.4, 0.5) is 0 Å². The first-order valence-electron chi connectivity index (χ1n) is 8.90. The van der Waals surface area contributed by atoms with E-state index in [1.54, 1.807) is 14.2 Å². The van der Waals surface area contributed by atoms with E-state index in [9.17, 15) is 5.26 Å². The van der Waals surface area contributed by atoms with Gasteiger partial charge in [0.1, 0.15) is 0 Å². The number of nitrogens with zero attached hydrogens (tertiary/aromatic N) is 2. The van der Waals surface area contributed by atoms with Crippen LogP contribution in [0.25, 0.3) is 0 Å². The van der Waals surface area contributed by atoms with E-state index in [2.05, 4.69) is 18.0 Å². The van der Waals surface area contributed by atoms with Crippen molar-refractivity contribution in [2.45, 2.75) is 18.4 Å². The van der Waals surface area contributed by atoms with E-state index in [1.807, 2.05) is 30.3 Å². The first kappa shape index (κ1) is 17.5. The SMILES string of the molecule is COc1ccc([C@H]2[C@@H](C#N)c3cc4c(cc3CCN2C)OCO4)cc1OC. The second-order valence-corrected chi connectivity index (χ2v) is 6.80. The van der Waals surface area contributed by atoms with Gasteiger partial charge in [-0.1, -0.05) is 6.07 Å². The van der Waals surface area contributed by atoms with Crippen molar-refractivity contribution in [2.75, 3.05) is 34.6 Å². The molecule has 2 aliphatic rings. The topological polar surface area (TPSA) is 64.0 Å². The Balaban J connectivity index is 1.81. The molecule has 0 N–H and O–H groups in total. The van der Waals surface area contributed by atoms with Crippen molar-refractivity contribution < 1.29 is 18.9 Å². The van der Waals surface area contributed by atoms with Crippen LogP contribution in [0.5, 0.6) is 23.0 Å². The van der Waals surface area contributed by atoms with E-state index in [4.69, 9.17) is 18.9 Å². The highest BCUT2D eigenvalue weighted by atomic mass is 16.7. The van der Waals surface area contributed by atoms with Gasteiger partial charge in [0.05, 0.1) is 32.2 Å². The molecule has 140 valence electrons. The van der Waals surface area contributed by atoms with E-state index < -0.39 is 0 Å². The molecule has 0 unspecified atom stereocenters. The Kier molecular flexibility index (Phi) is 4.54. The van der Waals surface area contributed by atoms with Crippen LogP contribution in [0.2, 0.25) is 0 Å². The van der Waals surface area contributed by atoms with Crippen molar-refractivity contribution in [3.8, 4) is 29.1 Å². The number of rotatable bonds is 3. The fourth-order valence-corrected chi connectivity index (χ4v) is 3.99. The Morgan fingerprint density at radius 3 is 2.52 bits per heavy atom. The lowest BCUT2D eigenvalue weighted by atomic mass is 9.85. The van der Waals surface area contributed by atoms with Crippen molar-refractivity contribution in [3.63, 3.8) is 0 Å². The van der Waals surface area contributed by atoms with Crippen LogP contribution in [0.15, 0.2) is 30.3 Å². The molecule has 0 aromatic heterocycles. The molecule has 0 bridgehead atoms. The highest BCUT2D eigenvalue weighted by molar-refractivity contribution is 5.53. The summed E-state index contributed by atoms with van der Waals surface area (Å²) < 4.78 is 21.9. The summed E-state index contributed by atoms with van der Waals surface area (Å²) in [5.74, 6) is 2.48. The average Bonchev–Trinajstić information content (AvgIpc) is 3.10. The molecular formula is C21H22N2O4. The van der Waals surface area contributed by atoms with Gasteiger partial charge in [0.2, 0.25) is 6.79 Å². The van der Waals surface area contributed by atoms with Crippen LogP contribution in [-0.4, -0.2) is 39.5 Å². The first-order chi connectivity index (χ1) is 13.2. The average molecular weight is 366 g/mol. The Labute approximate surface area is 158 Å². The zero-order valence-corrected chi connectivity index (χ0v) is 15.7. The van der Waals surface area contributed by atoms with Crippen molar-refractivity contribution in [1.29, 1.82) is 5.26 Å². The van der Waals surface area contributed by atoms with Gasteiger partial charge in [-0.05, 0) is 54.4 Å². The molecule has 0 amide bonds. The molecule has 2 aromatic rings. The predicted molar refractivity (Wildman–Crippen MR) is 99.5 cm³/mol. The van der Waals surface area contributed by atoms with Crippen molar-refractivity contribution in [3.05, 3.63) is 47.0 Å². The van der Waals surface area contributed by atoms with Crippen LogP contribution in [0.1, 0.15) is 28.7 Å². The van der Waals surface area contributed by atoms with Crippen LogP contribution < -0.4 is 18.9 Å². The highest BCUT2D eigenvalue weighted by Crippen LogP contribution is 2.45. The minimum atomic E-state index is -0.333. The molecule has 0 saturated carbocycles. The summed E-state index contributed by atoms with van der Waals surface area (Å²) in [5.41, 5.74) is 3.17. The highest BCUT2D eigenvalue weighted by Gasteiger charge is 2.34. The first-order valence-corrected chi connectivity index (χ1v) is 8.90. The molecule has 2 atom stereocenters. The molecule has 6 heteroatoms.